The molecule has 0 aromatic rings. The molecule has 0 aromatic carbocycles. The Labute approximate surface area is 106 Å². The van der Waals surface area contributed by atoms with Crippen LogP contribution in [0.25, 0.3) is 0 Å². The van der Waals surface area contributed by atoms with Crippen molar-refractivity contribution in [1.29, 1.82) is 0 Å². The van der Waals surface area contributed by atoms with Crippen LogP contribution in [0.5, 0.6) is 0 Å². The van der Waals surface area contributed by atoms with Crippen molar-refractivity contribution in [1.82, 2.24) is 10.0 Å². The summed E-state index contributed by atoms with van der Waals surface area (Å²) in [5, 5.41) is 3.30. The molecule has 1 fully saturated rings. The molecule has 0 saturated carbocycles. The van der Waals surface area contributed by atoms with E-state index in [1.54, 1.807) is 0 Å². The minimum absolute atomic E-state index is 0.0636. The molecule has 0 bridgehead atoms. The molecule has 1 rings (SSSR count). The summed E-state index contributed by atoms with van der Waals surface area (Å²) in [5.41, 5.74) is 0.0636. The van der Waals surface area contributed by atoms with E-state index in [9.17, 15) is 8.42 Å². The van der Waals surface area contributed by atoms with Crippen LogP contribution >= 0.6 is 0 Å². The molecular formula is C12H26N2O2S. The molecule has 0 aliphatic carbocycles. The molecule has 2 atom stereocenters. The Morgan fingerprint density at radius 3 is 2.41 bits per heavy atom. The van der Waals surface area contributed by atoms with E-state index in [0.717, 1.165) is 19.4 Å². The van der Waals surface area contributed by atoms with Crippen LogP contribution in [-0.4, -0.2) is 32.8 Å². The molecule has 1 aliphatic rings. The molecule has 102 valence electrons. The fraction of sp³-hybridized carbons (Fsp3) is 1.00. The quantitative estimate of drug-likeness (QED) is 0.807. The molecule has 1 aliphatic heterocycles. The van der Waals surface area contributed by atoms with Crippen LogP contribution in [0.15, 0.2) is 0 Å². The van der Waals surface area contributed by atoms with Gasteiger partial charge in [0.15, 0.2) is 0 Å². The highest BCUT2D eigenvalue weighted by Gasteiger charge is 2.23. The minimum Gasteiger partial charge on any atom is -0.313 e. The van der Waals surface area contributed by atoms with Crippen LogP contribution in [0.4, 0.5) is 0 Å². The zero-order chi connectivity index (χ0) is 13.1. The van der Waals surface area contributed by atoms with Crippen LogP contribution in [0.2, 0.25) is 0 Å². The van der Waals surface area contributed by atoms with Crippen LogP contribution in [0.3, 0.4) is 0 Å². The molecule has 0 amide bonds. The summed E-state index contributed by atoms with van der Waals surface area (Å²) >= 11 is 0. The van der Waals surface area contributed by atoms with Crippen LogP contribution < -0.4 is 10.0 Å². The van der Waals surface area contributed by atoms with Crippen molar-refractivity contribution >= 4 is 10.0 Å². The number of hydrogen-bond donors (Lipinski definition) is 2. The predicted molar refractivity (Wildman–Crippen MR) is 71.5 cm³/mol. The van der Waals surface area contributed by atoms with Gasteiger partial charge in [-0.05, 0) is 31.6 Å². The maximum absolute atomic E-state index is 11.9. The number of sulfonamides is 1. The molecule has 4 nitrogen and oxygen atoms in total. The molecular weight excluding hydrogens is 236 g/mol. The second kappa shape index (κ2) is 5.67. The number of nitrogens with one attached hydrogen (secondary N) is 2. The number of rotatable bonds is 4. The van der Waals surface area contributed by atoms with Gasteiger partial charge in [-0.2, -0.15) is 0 Å². The first kappa shape index (κ1) is 14.9. The molecule has 0 radical (unpaired) electrons. The van der Waals surface area contributed by atoms with E-state index in [1.165, 1.54) is 0 Å². The lowest BCUT2D eigenvalue weighted by Gasteiger charge is -2.28. The maximum Gasteiger partial charge on any atom is 0.211 e. The maximum atomic E-state index is 11.9. The highest BCUT2D eigenvalue weighted by atomic mass is 32.2. The first-order valence-electron chi connectivity index (χ1n) is 6.41. The zero-order valence-corrected chi connectivity index (χ0v) is 12.2. The summed E-state index contributed by atoms with van der Waals surface area (Å²) in [7, 11) is -3.12. The summed E-state index contributed by atoms with van der Waals surface area (Å²) in [6.07, 6.45) is 2.66. The fourth-order valence-electron chi connectivity index (χ4n) is 1.85. The van der Waals surface area contributed by atoms with E-state index in [-0.39, 0.29) is 17.2 Å². The largest absolute Gasteiger partial charge is 0.313 e. The van der Waals surface area contributed by atoms with Gasteiger partial charge in [-0.15, -0.1) is 0 Å². The molecule has 2 N–H and O–H groups in total. The Kier molecular flexibility index (Phi) is 4.98. The van der Waals surface area contributed by atoms with Gasteiger partial charge in [0.25, 0.3) is 0 Å². The van der Waals surface area contributed by atoms with Gasteiger partial charge in [0.05, 0.1) is 5.75 Å². The second-order valence-electron chi connectivity index (χ2n) is 6.33. The zero-order valence-electron chi connectivity index (χ0n) is 11.4. The van der Waals surface area contributed by atoms with E-state index in [2.05, 4.69) is 37.7 Å². The molecule has 2 unspecified atom stereocenters. The van der Waals surface area contributed by atoms with Crippen molar-refractivity contribution in [3.63, 3.8) is 0 Å². The van der Waals surface area contributed by atoms with Gasteiger partial charge in [0.2, 0.25) is 10.0 Å². The Bertz CT molecular complexity index is 325. The van der Waals surface area contributed by atoms with E-state index >= 15 is 0 Å². The predicted octanol–water partition coefficient (Wildman–Crippen LogP) is 1.48. The third-order valence-corrected chi connectivity index (χ3v) is 4.56. The standard InChI is InChI=1S/C12H26N2O2S/c1-10-5-6-11(9-13-10)14-17(15,16)8-7-12(2,3)4/h10-11,13-14H,5-9H2,1-4H3. The first-order valence-corrected chi connectivity index (χ1v) is 8.06. The van der Waals surface area contributed by atoms with Gasteiger partial charge in [-0.25, -0.2) is 13.1 Å². The fourth-order valence-corrected chi connectivity index (χ4v) is 3.56. The Morgan fingerprint density at radius 2 is 1.94 bits per heavy atom. The highest BCUT2D eigenvalue weighted by Crippen LogP contribution is 2.19. The summed E-state index contributed by atoms with van der Waals surface area (Å²) in [6.45, 7) is 9.06. The van der Waals surface area contributed by atoms with E-state index in [0.29, 0.717) is 12.5 Å². The van der Waals surface area contributed by atoms with E-state index in [1.807, 2.05) is 0 Å². The van der Waals surface area contributed by atoms with Crippen molar-refractivity contribution in [2.75, 3.05) is 12.3 Å². The van der Waals surface area contributed by atoms with Crippen LogP contribution in [0, 0.1) is 5.41 Å². The van der Waals surface area contributed by atoms with E-state index in [4.69, 9.17) is 0 Å². The Morgan fingerprint density at radius 1 is 1.29 bits per heavy atom. The summed E-state index contributed by atoms with van der Waals surface area (Å²) in [4.78, 5) is 0. The van der Waals surface area contributed by atoms with Gasteiger partial charge in [0.1, 0.15) is 0 Å². The van der Waals surface area contributed by atoms with E-state index < -0.39 is 10.0 Å². The number of piperidine rings is 1. The SMILES string of the molecule is CC1CCC(NS(=O)(=O)CCC(C)(C)C)CN1. The van der Waals surface area contributed by atoms with Crippen molar-refractivity contribution < 1.29 is 8.42 Å². The summed E-state index contributed by atoms with van der Waals surface area (Å²) < 4.78 is 26.6. The van der Waals surface area contributed by atoms with Crippen LogP contribution in [-0.2, 0) is 10.0 Å². The van der Waals surface area contributed by atoms with Gasteiger partial charge >= 0.3 is 0 Å². The molecule has 1 saturated heterocycles. The highest BCUT2D eigenvalue weighted by molar-refractivity contribution is 7.89. The minimum atomic E-state index is -3.12. The first-order chi connectivity index (χ1) is 7.68. The summed E-state index contributed by atoms with van der Waals surface area (Å²) in [6, 6.07) is 0.571. The molecule has 0 aromatic heterocycles. The van der Waals surface area contributed by atoms with Gasteiger partial charge in [0, 0.05) is 18.6 Å². The lowest BCUT2D eigenvalue weighted by atomic mass is 9.94. The summed E-state index contributed by atoms with van der Waals surface area (Å²) in [5.74, 6) is 0.225. The third-order valence-electron chi connectivity index (χ3n) is 3.13. The Hall–Kier alpha value is -0.130. The number of hydrogen-bond acceptors (Lipinski definition) is 3. The lowest BCUT2D eigenvalue weighted by molar-refractivity contribution is 0.363. The van der Waals surface area contributed by atoms with Crippen molar-refractivity contribution in [3.8, 4) is 0 Å². The van der Waals surface area contributed by atoms with Gasteiger partial charge < -0.3 is 5.32 Å². The third kappa shape index (κ3) is 6.38. The molecule has 0 spiro atoms. The van der Waals surface area contributed by atoms with Gasteiger partial charge in [-0.3, -0.25) is 0 Å². The van der Waals surface area contributed by atoms with Crippen LogP contribution in [0.1, 0.15) is 47.0 Å². The second-order valence-corrected chi connectivity index (χ2v) is 8.20. The smallest absolute Gasteiger partial charge is 0.211 e. The average Bonchev–Trinajstić information content (AvgIpc) is 2.18. The van der Waals surface area contributed by atoms with Crippen molar-refractivity contribution in [2.45, 2.75) is 59.0 Å². The normalized spacial score (nSPS) is 27.1. The monoisotopic (exact) mass is 262 g/mol. The lowest BCUT2D eigenvalue weighted by Crippen LogP contribution is -2.49. The molecule has 5 heteroatoms. The molecule has 17 heavy (non-hydrogen) atoms. The molecule has 1 heterocycles. The Balaban J connectivity index is 2.39. The van der Waals surface area contributed by atoms with Crippen molar-refractivity contribution in [2.24, 2.45) is 5.41 Å². The van der Waals surface area contributed by atoms with Gasteiger partial charge in [-0.1, -0.05) is 20.8 Å². The average molecular weight is 262 g/mol. The van der Waals surface area contributed by atoms with Crippen molar-refractivity contribution in [3.05, 3.63) is 0 Å². The topological polar surface area (TPSA) is 58.2 Å².